The van der Waals surface area contributed by atoms with Crippen LogP contribution in [0.25, 0.3) is 0 Å². The van der Waals surface area contributed by atoms with E-state index >= 15 is 0 Å². The van der Waals surface area contributed by atoms with Crippen LogP contribution in [0, 0.1) is 0 Å². The molecule has 1 rings (SSSR count). The van der Waals surface area contributed by atoms with E-state index in [1.165, 1.54) is 12.3 Å². The van der Waals surface area contributed by atoms with Crippen LogP contribution in [0.5, 0.6) is 0 Å². The lowest BCUT2D eigenvalue weighted by Crippen LogP contribution is -2.07. The third kappa shape index (κ3) is 2.25. The van der Waals surface area contributed by atoms with Crippen LogP contribution in [0.2, 0.25) is 0 Å². The van der Waals surface area contributed by atoms with E-state index in [2.05, 4.69) is 9.97 Å². The molecular formula is C7H6N2O3S. The van der Waals surface area contributed by atoms with Gasteiger partial charge in [0.25, 0.3) is 0 Å². The Bertz CT molecular complexity index is 353. The quantitative estimate of drug-likeness (QED) is 0.752. The van der Waals surface area contributed by atoms with Gasteiger partial charge in [0, 0.05) is 6.20 Å². The Morgan fingerprint density at radius 2 is 2.23 bits per heavy atom. The monoisotopic (exact) mass is 198 g/mol. The SMILES string of the molecule is CSC(=O)c1ccnc(C(=O)O)n1. The minimum atomic E-state index is -1.24. The molecule has 0 atom stereocenters. The lowest BCUT2D eigenvalue weighted by molar-refractivity contribution is 0.0683. The number of carboxylic acid groups (broad SMARTS) is 1. The van der Waals surface area contributed by atoms with Gasteiger partial charge in [-0.05, 0) is 12.3 Å². The van der Waals surface area contributed by atoms with Gasteiger partial charge in [0.15, 0.2) is 0 Å². The molecule has 0 aliphatic rings. The molecule has 0 fully saturated rings. The fourth-order valence-corrected chi connectivity index (χ4v) is 1.00. The number of rotatable bonds is 2. The van der Waals surface area contributed by atoms with Gasteiger partial charge in [0.1, 0.15) is 5.69 Å². The van der Waals surface area contributed by atoms with E-state index in [4.69, 9.17) is 5.11 Å². The van der Waals surface area contributed by atoms with Gasteiger partial charge >= 0.3 is 5.97 Å². The summed E-state index contributed by atoms with van der Waals surface area (Å²) in [6, 6.07) is 1.38. The van der Waals surface area contributed by atoms with Crippen molar-refractivity contribution in [1.82, 2.24) is 9.97 Å². The zero-order chi connectivity index (χ0) is 9.84. The smallest absolute Gasteiger partial charge is 0.373 e. The maximum atomic E-state index is 11.1. The summed E-state index contributed by atoms with van der Waals surface area (Å²) in [4.78, 5) is 28.5. The molecule has 6 heteroatoms. The predicted molar refractivity (Wildman–Crippen MR) is 46.8 cm³/mol. The third-order valence-electron chi connectivity index (χ3n) is 1.24. The molecule has 0 aromatic carbocycles. The van der Waals surface area contributed by atoms with Crippen molar-refractivity contribution in [2.45, 2.75) is 0 Å². The van der Waals surface area contributed by atoms with Crippen molar-refractivity contribution in [2.75, 3.05) is 6.26 Å². The van der Waals surface area contributed by atoms with Crippen molar-refractivity contribution in [1.29, 1.82) is 0 Å². The molecule has 0 aliphatic carbocycles. The molecule has 1 aromatic heterocycles. The van der Waals surface area contributed by atoms with Crippen LogP contribution >= 0.6 is 11.8 Å². The first kappa shape index (κ1) is 9.66. The summed E-state index contributed by atoms with van der Waals surface area (Å²) in [7, 11) is 0. The number of hydrogen-bond donors (Lipinski definition) is 1. The number of thioether (sulfide) groups is 1. The average Bonchev–Trinajstić information content (AvgIpc) is 2.17. The molecule has 0 aliphatic heterocycles. The first-order valence-corrected chi connectivity index (χ1v) is 4.52. The highest BCUT2D eigenvalue weighted by Crippen LogP contribution is 2.05. The Balaban J connectivity index is 3.05. The van der Waals surface area contributed by atoms with E-state index in [1.807, 2.05) is 0 Å². The van der Waals surface area contributed by atoms with E-state index in [0.717, 1.165) is 11.8 Å². The first-order valence-electron chi connectivity index (χ1n) is 3.30. The number of nitrogens with zero attached hydrogens (tertiary/aromatic N) is 2. The normalized spacial score (nSPS) is 9.62. The number of aromatic nitrogens is 2. The molecule has 5 nitrogen and oxygen atoms in total. The van der Waals surface area contributed by atoms with Crippen LogP contribution in [0.15, 0.2) is 12.3 Å². The minimum Gasteiger partial charge on any atom is -0.475 e. The molecule has 0 radical (unpaired) electrons. The van der Waals surface area contributed by atoms with Crippen molar-refractivity contribution in [3.8, 4) is 0 Å². The molecule has 68 valence electrons. The fraction of sp³-hybridized carbons (Fsp3) is 0.143. The highest BCUT2D eigenvalue weighted by atomic mass is 32.2. The molecule has 1 N–H and O–H groups in total. The second-order valence-corrected chi connectivity index (χ2v) is 2.84. The zero-order valence-corrected chi connectivity index (χ0v) is 7.54. The molecule has 1 heterocycles. The Morgan fingerprint density at radius 3 is 2.77 bits per heavy atom. The van der Waals surface area contributed by atoms with Crippen molar-refractivity contribution >= 4 is 22.8 Å². The van der Waals surface area contributed by atoms with Crippen molar-refractivity contribution in [2.24, 2.45) is 0 Å². The largest absolute Gasteiger partial charge is 0.475 e. The Morgan fingerprint density at radius 1 is 1.54 bits per heavy atom. The first-order chi connectivity index (χ1) is 6.15. The molecule has 0 amide bonds. The minimum absolute atomic E-state index is 0.111. The van der Waals surface area contributed by atoms with Gasteiger partial charge in [-0.25, -0.2) is 14.8 Å². The zero-order valence-electron chi connectivity index (χ0n) is 6.72. The van der Waals surface area contributed by atoms with E-state index in [1.54, 1.807) is 6.26 Å². The summed E-state index contributed by atoms with van der Waals surface area (Å²) in [5.74, 6) is -1.60. The Labute approximate surface area is 78.2 Å². The average molecular weight is 198 g/mol. The predicted octanol–water partition coefficient (Wildman–Crippen LogP) is 0.678. The van der Waals surface area contributed by atoms with Crippen LogP contribution in [0.3, 0.4) is 0 Å². The third-order valence-corrected chi connectivity index (χ3v) is 1.82. The van der Waals surface area contributed by atoms with Crippen LogP contribution in [-0.2, 0) is 0 Å². The second-order valence-electron chi connectivity index (χ2n) is 2.06. The van der Waals surface area contributed by atoms with Crippen LogP contribution in [0.1, 0.15) is 21.1 Å². The van der Waals surface area contributed by atoms with Gasteiger partial charge in [-0.1, -0.05) is 11.8 Å². The van der Waals surface area contributed by atoms with E-state index in [9.17, 15) is 9.59 Å². The molecule has 0 bridgehead atoms. The van der Waals surface area contributed by atoms with Gasteiger partial charge < -0.3 is 5.11 Å². The summed E-state index contributed by atoms with van der Waals surface area (Å²) in [6.45, 7) is 0. The molecule has 1 aromatic rings. The standard InChI is InChI=1S/C7H6N2O3S/c1-13-7(12)4-2-3-8-5(9-4)6(10)11/h2-3H,1H3,(H,10,11). The van der Waals surface area contributed by atoms with Crippen molar-refractivity contribution in [3.63, 3.8) is 0 Å². The van der Waals surface area contributed by atoms with Crippen molar-refractivity contribution in [3.05, 3.63) is 23.8 Å². The molecular weight excluding hydrogens is 192 g/mol. The highest BCUT2D eigenvalue weighted by Gasteiger charge is 2.10. The van der Waals surface area contributed by atoms with Gasteiger partial charge in [-0.3, -0.25) is 4.79 Å². The molecule has 0 saturated heterocycles. The van der Waals surface area contributed by atoms with E-state index < -0.39 is 5.97 Å². The summed E-state index contributed by atoms with van der Waals surface area (Å²) < 4.78 is 0. The highest BCUT2D eigenvalue weighted by molar-refractivity contribution is 8.13. The molecule has 0 spiro atoms. The summed E-state index contributed by atoms with van der Waals surface area (Å²) >= 11 is 0.976. The van der Waals surface area contributed by atoms with Crippen molar-refractivity contribution < 1.29 is 14.7 Å². The molecule has 0 unspecified atom stereocenters. The fourth-order valence-electron chi connectivity index (χ4n) is 0.680. The van der Waals surface area contributed by atoms with Crippen LogP contribution in [-0.4, -0.2) is 32.4 Å². The Hall–Kier alpha value is -1.43. The number of hydrogen-bond acceptors (Lipinski definition) is 5. The van der Waals surface area contributed by atoms with Gasteiger partial charge in [-0.15, -0.1) is 0 Å². The molecule has 0 saturated carbocycles. The van der Waals surface area contributed by atoms with Gasteiger partial charge in [0.05, 0.1) is 0 Å². The topological polar surface area (TPSA) is 80.2 Å². The van der Waals surface area contributed by atoms with Crippen LogP contribution in [0.4, 0.5) is 0 Å². The summed E-state index contributed by atoms with van der Waals surface area (Å²) in [6.07, 6.45) is 2.85. The van der Waals surface area contributed by atoms with Crippen LogP contribution < -0.4 is 0 Å². The number of carbonyl (C=O) groups is 2. The van der Waals surface area contributed by atoms with E-state index in [0.29, 0.717) is 0 Å². The number of carboxylic acids is 1. The number of aromatic carboxylic acids is 1. The maximum absolute atomic E-state index is 11.1. The Kier molecular flexibility index (Phi) is 2.97. The van der Waals surface area contributed by atoms with E-state index in [-0.39, 0.29) is 16.6 Å². The number of carbonyl (C=O) groups excluding carboxylic acids is 1. The summed E-state index contributed by atoms with van der Waals surface area (Å²) in [5.41, 5.74) is 0.111. The summed E-state index contributed by atoms with van der Waals surface area (Å²) in [5, 5.41) is 8.25. The molecule has 13 heavy (non-hydrogen) atoms. The van der Waals surface area contributed by atoms with Gasteiger partial charge in [0.2, 0.25) is 10.9 Å². The van der Waals surface area contributed by atoms with Gasteiger partial charge in [-0.2, -0.15) is 0 Å². The lowest BCUT2D eigenvalue weighted by atomic mass is 10.4. The lowest BCUT2D eigenvalue weighted by Gasteiger charge is -1.96. The maximum Gasteiger partial charge on any atom is 0.373 e. The second kappa shape index (κ2) is 3.99.